The van der Waals surface area contributed by atoms with Crippen LogP contribution in [0.5, 0.6) is 0 Å². The maximum absolute atomic E-state index is 12.2. The number of thiazole rings is 1. The highest BCUT2D eigenvalue weighted by molar-refractivity contribution is 8.07. The molecule has 1 saturated heterocycles. The van der Waals surface area contributed by atoms with Crippen molar-refractivity contribution >= 4 is 45.9 Å². The third kappa shape index (κ3) is 3.86. The number of nitrogens with one attached hydrogen (secondary N) is 1. The summed E-state index contributed by atoms with van der Waals surface area (Å²) < 4.78 is 0. The van der Waals surface area contributed by atoms with Gasteiger partial charge < -0.3 is 5.32 Å². The van der Waals surface area contributed by atoms with Crippen LogP contribution in [0.1, 0.15) is 12.5 Å². The van der Waals surface area contributed by atoms with Crippen molar-refractivity contribution in [2.75, 3.05) is 22.6 Å². The van der Waals surface area contributed by atoms with Gasteiger partial charge in [0, 0.05) is 28.2 Å². The van der Waals surface area contributed by atoms with Crippen molar-refractivity contribution in [2.24, 2.45) is 0 Å². The van der Waals surface area contributed by atoms with Gasteiger partial charge in [-0.1, -0.05) is 31.2 Å². The summed E-state index contributed by atoms with van der Waals surface area (Å²) in [6.45, 7) is 2.15. The molecule has 1 atom stereocenters. The van der Waals surface area contributed by atoms with Crippen molar-refractivity contribution in [1.29, 1.82) is 0 Å². The summed E-state index contributed by atoms with van der Waals surface area (Å²) in [4.78, 5) is 16.8. The number of carbonyl (C=O) groups is 1. The molecule has 2 heterocycles. The molecule has 2 aromatic rings. The zero-order valence-corrected chi connectivity index (χ0v) is 14.8. The molecule has 0 aliphatic carbocycles. The van der Waals surface area contributed by atoms with E-state index < -0.39 is 0 Å². The van der Waals surface area contributed by atoms with E-state index in [1.807, 2.05) is 17.1 Å². The van der Waals surface area contributed by atoms with Gasteiger partial charge in [-0.25, -0.2) is 4.98 Å². The van der Waals surface area contributed by atoms with Crippen molar-refractivity contribution < 1.29 is 4.79 Å². The summed E-state index contributed by atoms with van der Waals surface area (Å²) in [6.07, 6.45) is 1.04. The third-order valence-corrected chi connectivity index (χ3v) is 7.01. The van der Waals surface area contributed by atoms with Crippen LogP contribution < -0.4 is 5.32 Å². The van der Waals surface area contributed by atoms with Crippen LogP contribution in [0.25, 0.3) is 11.3 Å². The van der Waals surface area contributed by atoms with Crippen molar-refractivity contribution in [1.82, 2.24) is 4.98 Å². The van der Waals surface area contributed by atoms with E-state index in [1.54, 1.807) is 11.8 Å². The summed E-state index contributed by atoms with van der Waals surface area (Å²) in [5.74, 6) is 3.17. The summed E-state index contributed by atoms with van der Waals surface area (Å²) in [6, 6.07) is 8.44. The SMILES string of the molecule is CCc1ccc(-c2csc(NC(=O)C3CSCCS3)n2)cc1. The van der Waals surface area contributed by atoms with Crippen molar-refractivity contribution in [3.05, 3.63) is 35.2 Å². The van der Waals surface area contributed by atoms with Crippen LogP contribution in [-0.2, 0) is 11.2 Å². The molecular weight excluding hydrogens is 332 g/mol. The lowest BCUT2D eigenvalue weighted by molar-refractivity contribution is -0.115. The number of hydrogen-bond donors (Lipinski definition) is 1. The Morgan fingerprint density at radius 3 is 2.82 bits per heavy atom. The Morgan fingerprint density at radius 1 is 1.32 bits per heavy atom. The quantitative estimate of drug-likeness (QED) is 0.899. The maximum atomic E-state index is 12.2. The molecule has 1 amide bonds. The molecule has 3 nitrogen and oxygen atoms in total. The number of thioether (sulfide) groups is 2. The van der Waals surface area contributed by atoms with Gasteiger partial charge >= 0.3 is 0 Å². The number of rotatable bonds is 4. The van der Waals surface area contributed by atoms with Gasteiger partial charge in [-0.05, 0) is 12.0 Å². The Hall–Kier alpha value is -0.980. The normalized spacial score (nSPS) is 18.1. The molecule has 0 saturated carbocycles. The van der Waals surface area contributed by atoms with Gasteiger partial charge in [-0.2, -0.15) is 11.8 Å². The second-order valence-corrected chi connectivity index (χ2v) is 8.33. The Labute approximate surface area is 143 Å². The highest BCUT2D eigenvalue weighted by atomic mass is 32.2. The van der Waals surface area contributed by atoms with Crippen LogP contribution in [0.3, 0.4) is 0 Å². The molecule has 1 N–H and O–H groups in total. The lowest BCUT2D eigenvalue weighted by Crippen LogP contribution is -2.30. The van der Waals surface area contributed by atoms with Crippen molar-refractivity contribution in [3.8, 4) is 11.3 Å². The molecule has 1 aromatic carbocycles. The van der Waals surface area contributed by atoms with Gasteiger partial charge in [0.25, 0.3) is 0 Å². The highest BCUT2D eigenvalue weighted by Gasteiger charge is 2.22. The van der Waals surface area contributed by atoms with E-state index in [0.717, 1.165) is 34.9 Å². The predicted octanol–water partition coefficient (Wildman–Crippen LogP) is 4.16. The Bertz CT molecular complexity index is 633. The zero-order chi connectivity index (χ0) is 15.4. The van der Waals surface area contributed by atoms with Gasteiger partial charge in [0.2, 0.25) is 5.91 Å². The van der Waals surface area contributed by atoms with Crippen LogP contribution in [0.4, 0.5) is 5.13 Å². The molecule has 0 spiro atoms. The highest BCUT2D eigenvalue weighted by Crippen LogP contribution is 2.28. The maximum Gasteiger partial charge on any atom is 0.240 e. The average molecular weight is 351 g/mol. The summed E-state index contributed by atoms with van der Waals surface area (Å²) >= 11 is 5.08. The molecule has 1 aliphatic rings. The van der Waals surface area contributed by atoms with Crippen LogP contribution in [0.2, 0.25) is 0 Å². The van der Waals surface area contributed by atoms with Crippen LogP contribution in [0.15, 0.2) is 29.6 Å². The predicted molar refractivity (Wildman–Crippen MR) is 99.1 cm³/mol. The first kappa shape index (κ1) is 15.9. The fourth-order valence-electron chi connectivity index (χ4n) is 2.20. The Morgan fingerprint density at radius 2 is 2.14 bits per heavy atom. The van der Waals surface area contributed by atoms with Crippen LogP contribution in [-0.4, -0.2) is 33.4 Å². The summed E-state index contributed by atoms with van der Waals surface area (Å²) in [7, 11) is 0. The smallest absolute Gasteiger partial charge is 0.240 e. The summed E-state index contributed by atoms with van der Waals surface area (Å²) in [5.41, 5.74) is 3.34. The van der Waals surface area contributed by atoms with Gasteiger partial charge in [0.05, 0.1) is 10.9 Å². The van der Waals surface area contributed by atoms with Gasteiger partial charge in [0.1, 0.15) is 0 Å². The number of anilines is 1. The lowest BCUT2D eigenvalue weighted by atomic mass is 10.1. The van der Waals surface area contributed by atoms with E-state index in [4.69, 9.17) is 0 Å². The first-order valence-electron chi connectivity index (χ1n) is 7.31. The van der Waals surface area contributed by atoms with Crippen molar-refractivity contribution in [3.63, 3.8) is 0 Å². The Balaban J connectivity index is 1.66. The molecule has 116 valence electrons. The monoisotopic (exact) mass is 350 g/mol. The van der Waals surface area contributed by atoms with Crippen LogP contribution >= 0.6 is 34.9 Å². The Kier molecular flexibility index (Phi) is 5.44. The second-order valence-electron chi connectivity index (χ2n) is 5.01. The molecule has 1 aliphatic heterocycles. The molecule has 3 rings (SSSR count). The minimum atomic E-state index is 0.0509. The molecule has 1 fully saturated rings. The number of hydrogen-bond acceptors (Lipinski definition) is 5. The van der Waals surface area contributed by atoms with E-state index in [2.05, 4.69) is 41.5 Å². The van der Waals surface area contributed by atoms with E-state index in [1.165, 1.54) is 16.9 Å². The number of aryl methyl sites for hydroxylation is 1. The van der Waals surface area contributed by atoms with E-state index >= 15 is 0 Å². The number of carbonyl (C=O) groups excluding carboxylic acids is 1. The molecular formula is C16H18N2OS3. The van der Waals surface area contributed by atoms with Gasteiger partial charge in [0.15, 0.2) is 5.13 Å². The fourth-order valence-corrected chi connectivity index (χ4v) is 5.48. The molecule has 1 unspecified atom stereocenters. The number of amides is 1. The first-order valence-corrected chi connectivity index (χ1v) is 10.4. The van der Waals surface area contributed by atoms with Crippen molar-refractivity contribution in [2.45, 2.75) is 18.6 Å². The molecule has 0 radical (unpaired) electrons. The van der Waals surface area contributed by atoms with E-state index in [0.29, 0.717) is 5.13 Å². The second kappa shape index (κ2) is 7.53. The van der Waals surface area contributed by atoms with Crippen LogP contribution in [0, 0.1) is 0 Å². The fraction of sp³-hybridized carbons (Fsp3) is 0.375. The zero-order valence-electron chi connectivity index (χ0n) is 12.4. The summed E-state index contributed by atoms with van der Waals surface area (Å²) in [5, 5.41) is 5.70. The molecule has 6 heteroatoms. The first-order chi connectivity index (χ1) is 10.8. The minimum absolute atomic E-state index is 0.0509. The molecule has 0 bridgehead atoms. The van der Waals surface area contributed by atoms with Gasteiger partial charge in [-0.3, -0.25) is 4.79 Å². The number of nitrogens with zero attached hydrogens (tertiary/aromatic N) is 1. The topological polar surface area (TPSA) is 42.0 Å². The van der Waals surface area contributed by atoms with E-state index in [9.17, 15) is 4.79 Å². The number of benzene rings is 1. The largest absolute Gasteiger partial charge is 0.301 e. The minimum Gasteiger partial charge on any atom is -0.301 e. The molecule has 1 aromatic heterocycles. The third-order valence-electron chi connectivity index (χ3n) is 3.50. The number of aromatic nitrogens is 1. The van der Waals surface area contributed by atoms with E-state index in [-0.39, 0.29) is 11.2 Å². The standard InChI is InChI=1S/C16H18N2OS3/c1-2-11-3-5-12(6-4-11)13-9-22-16(17-13)18-15(19)14-10-20-7-8-21-14/h3-6,9,14H,2,7-8,10H2,1H3,(H,17,18,19). The molecule has 22 heavy (non-hydrogen) atoms. The van der Waals surface area contributed by atoms with Gasteiger partial charge in [-0.15, -0.1) is 23.1 Å². The average Bonchev–Trinajstić information content (AvgIpc) is 3.04. The lowest BCUT2D eigenvalue weighted by Gasteiger charge is -2.19.